The lowest BCUT2D eigenvalue weighted by atomic mass is 10.2. The van der Waals surface area contributed by atoms with E-state index in [0.29, 0.717) is 41.1 Å². The van der Waals surface area contributed by atoms with Crippen LogP contribution in [0.2, 0.25) is 5.02 Å². The monoisotopic (exact) mass is 368 g/mol. The van der Waals surface area contributed by atoms with E-state index in [1.54, 1.807) is 42.6 Å². The maximum absolute atomic E-state index is 12.0. The second-order valence-corrected chi connectivity index (χ2v) is 5.77. The summed E-state index contributed by atoms with van der Waals surface area (Å²) < 4.78 is 0. The molecule has 0 aliphatic heterocycles. The van der Waals surface area contributed by atoms with Crippen LogP contribution in [0.5, 0.6) is 0 Å². The van der Waals surface area contributed by atoms with E-state index in [0.717, 1.165) is 0 Å². The molecule has 1 amide bonds. The van der Waals surface area contributed by atoms with E-state index in [2.05, 4.69) is 31.1 Å². The number of hydrogen-bond acceptors (Lipinski definition) is 6. The molecule has 3 N–H and O–H groups in total. The van der Waals surface area contributed by atoms with Crippen molar-refractivity contribution in [1.29, 1.82) is 0 Å². The first-order valence-electron chi connectivity index (χ1n) is 8.00. The number of carbonyl (C=O) groups excluding carboxylic acids is 1. The summed E-state index contributed by atoms with van der Waals surface area (Å²) in [5, 5.41) is 17.7. The Kier molecular flexibility index (Phi) is 5.95. The van der Waals surface area contributed by atoms with Gasteiger partial charge in [-0.05, 0) is 42.5 Å². The average molecular weight is 369 g/mol. The SMILES string of the molecule is O=C(NCCNc1ccc(Nc2ccccn2)nn1)c1cccc(Cl)c1. The van der Waals surface area contributed by atoms with Gasteiger partial charge >= 0.3 is 0 Å². The highest BCUT2D eigenvalue weighted by molar-refractivity contribution is 6.30. The summed E-state index contributed by atoms with van der Waals surface area (Å²) in [6.07, 6.45) is 1.70. The molecule has 0 bridgehead atoms. The van der Waals surface area contributed by atoms with Crippen molar-refractivity contribution in [3.05, 3.63) is 71.4 Å². The van der Waals surface area contributed by atoms with E-state index >= 15 is 0 Å². The van der Waals surface area contributed by atoms with Gasteiger partial charge in [0.25, 0.3) is 5.91 Å². The summed E-state index contributed by atoms with van der Waals surface area (Å²) in [5.74, 6) is 1.75. The van der Waals surface area contributed by atoms with Crippen LogP contribution in [0.25, 0.3) is 0 Å². The number of hydrogen-bond donors (Lipinski definition) is 3. The van der Waals surface area contributed by atoms with Gasteiger partial charge in [-0.2, -0.15) is 0 Å². The molecule has 0 fully saturated rings. The van der Waals surface area contributed by atoms with Crippen LogP contribution in [-0.2, 0) is 0 Å². The van der Waals surface area contributed by atoms with Gasteiger partial charge in [-0.1, -0.05) is 23.7 Å². The van der Waals surface area contributed by atoms with Crippen LogP contribution >= 0.6 is 11.6 Å². The summed E-state index contributed by atoms with van der Waals surface area (Å²) in [7, 11) is 0. The molecule has 0 spiro atoms. The van der Waals surface area contributed by atoms with E-state index < -0.39 is 0 Å². The van der Waals surface area contributed by atoms with E-state index in [9.17, 15) is 4.79 Å². The molecule has 2 heterocycles. The largest absolute Gasteiger partial charge is 0.367 e. The smallest absolute Gasteiger partial charge is 0.251 e. The highest BCUT2D eigenvalue weighted by atomic mass is 35.5. The summed E-state index contributed by atoms with van der Waals surface area (Å²) in [6.45, 7) is 0.967. The lowest BCUT2D eigenvalue weighted by Crippen LogP contribution is -2.28. The maximum atomic E-state index is 12.0. The molecular weight excluding hydrogens is 352 g/mol. The molecule has 0 radical (unpaired) electrons. The van der Waals surface area contributed by atoms with Gasteiger partial charge < -0.3 is 16.0 Å². The minimum absolute atomic E-state index is 0.171. The number of carbonyl (C=O) groups is 1. The van der Waals surface area contributed by atoms with Gasteiger partial charge in [-0.15, -0.1) is 10.2 Å². The summed E-state index contributed by atoms with van der Waals surface area (Å²) in [5.41, 5.74) is 0.530. The summed E-state index contributed by atoms with van der Waals surface area (Å²) in [6, 6.07) is 16.0. The van der Waals surface area contributed by atoms with Crippen molar-refractivity contribution in [2.75, 3.05) is 23.7 Å². The number of rotatable bonds is 7. The highest BCUT2D eigenvalue weighted by Crippen LogP contribution is 2.12. The molecular formula is C18H17ClN6O. The zero-order valence-electron chi connectivity index (χ0n) is 13.8. The topological polar surface area (TPSA) is 91.8 Å². The third-order valence-corrected chi connectivity index (χ3v) is 3.62. The fraction of sp³-hybridized carbons (Fsp3) is 0.111. The zero-order chi connectivity index (χ0) is 18.2. The number of aromatic nitrogens is 3. The van der Waals surface area contributed by atoms with Crippen molar-refractivity contribution in [3.63, 3.8) is 0 Å². The fourth-order valence-electron chi connectivity index (χ4n) is 2.16. The predicted molar refractivity (Wildman–Crippen MR) is 102 cm³/mol. The second kappa shape index (κ2) is 8.77. The number of benzene rings is 1. The number of halogens is 1. The first-order chi connectivity index (χ1) is 12.7. The molecule has 0 unspecified atom stereocenters. The molecule has 3 aromatic rings. The van der Waals surface area contributed by atoms with Crippen LogP contribution in [-0.4, -0.2) is 34.2 Å². The fourth-order valence-corrected chi connectivity index (χ4v) is 2.35. The molecule has 2 aromatic heterocycles. The number of amides is 1. The quantitative estimate of drug-likeness (QED) is 0.555. The van der Waals surface area contributed by atoms with E-state index in [1.165, 1.54) is 0 Å². The van der Waals surface area contributed by atoms with Crippen LogP contribution in [0.3, 0.4) is 0 Å². The van der Waals surface area contributed by atoms with Crippen molar-refractivity contribution < 1.29 is 4.79 Å². The lowest BCUT2D eigenvalue weighted by molar-refractivity contribution is 0.0955. The third kappa shape index (κ3) is 5.15. The molecule has 3 rings (SSSR count). The summed E-state index contributed by atoms with van der Waals surface area (Å²) >= 11 is 5.88. The Morgan fingerprint density at radius 2 is 1.77 bits per heavy atom. The third-order valence-electron chi connectivity index (χ3n) is 3.39. The normalized spacial score (nSPS) is 10.2. The van der Waals surface area contributed by atoms with E-state index in [-0.39, 0.29) is 5.91 Å². The van der Waals surface area contributed by atoms with Crippen LogP contribution in [0, 0.1) is 0 Å². The molecule has 8 heteroatoms. The van der Waals surface area contributed by atoms with Crippen molar-refractivity contribution in [3.8, 4) is 0 Å². The Morgan fingerprint density at radius 3 is 2.50 bits per heavy atom. The Hall–Kier alpha value is -3.19. The van der Waals surface area contributed by atoms with Gasteiger partial charge in [0.2, 0.25) is 0 Å². The minimum Gasteiger partial charge on any atom is -0.367 e. The van der Waals surface area contributed by atoms with Crippen LogP contribution < -0.4 is 16.0 Å². The molecule has 26 heavy (non-hydrogen) atoms. The molecule has 0 aliphatic carbocycles. The number of nitrogens with one attached hydrogen (secondary N) is 3. The number of pyridine rings is 1. The van der Waals surface area contributed by atoms with Gasteiger partial charge in [0, 0.05) is 29.9 Å². The maximum Gasteiger partial charge on any atom is 0.251 e. The van der Waals surface area contributed by atoms with Gasteiger partial charge in [0.1, 0.15) is 11.6 Å². The second-order valence-electron chi connectivity index (χ2n) is 5.34. The molecule has 1 aromatic carbocycles. The molecule has 7 nitrogen and oxygen atoms in total. The molecule has 0 saturated carbocycles. The zero-order valence-corrected chi connectivity index (χ0v) is 14.6. The Morgan fingerprint density at radius 1 is 0.923 bits per heavy atom. The van der Waals surface area contributed by atoms with Gasteiger partial charge in [0.05, 0.1) is 0 Å². The van der Waals surface area contributed by atoms with Crippen molar-refractivity contribution >= 4 is 35.0 Å². The van der Waals surface area contributed by atoms with E-state index in [4.69, 9.17) is 11.6 Å². The molecule has 0 aliphatic rings. The lowest BCUT2D eigenvalue weighted by Gasteiger charge is -2.08. The number of anilines is 3. The Balaban J connectivity index is 1.43. The Bertz CT molecular complexity index is 857. The van der Waals surface area contributed by atoms with Crippen LogP contribution in [0.4, 0.5) is 17.5 Å². The highest BCUT2D eigenvalue weighted by Gasteiger charge is 2.05. The van der Waals surface area contributed by atoms with Gasteiger partial charge in [0.15, 0.2) is 5.82 Å². The number of nitrogens with zero attached hydrogens (tertiary/aromatic N) is 3. The molecule has 132 valence electrons. The van der Waals surface area contributed by atoms with Crippen molar-refractivity contribution in [2.45, 2.75) is 0 Å². The van der Waals surface area contributed by atoms with Crippen molar-refractivity contribution in [2.24, 2.45) is 0 Å². The van der Waals surface area contributed by atoms with Gasteiger partial charge in [-0.3, -0.25) is 4.79 Å². The molecule has 0 saturated heterocycles. The first-order valence-corrected chi connectivity index (χ1v) is 8.38. The van der Waals surface area contributed by atoms with Gasteiger partial charge in [-0.25, -0.2) is 4.98 Å². The van der Waals surface area contributed by atoms with E-state index in [1.807, 2.05) is 18.2 Å². The van der Waals surface area contributed by atoms with Crippen molar-refractivity contribution in [1.82, 2.24) is 20.5 Å². The summed E-state index contributed by atoms with van der Waals surface area (Å²) in [4.78, 5) is 16.1. The standard InChI is InChI=1S/C18H17ClN6O/c19-14-5-3-4-13(12-14)18(26)22-11-10-21-16-7-8-17(25-24-16)23-15-6-1-2-9-20-15/h1-9,12H,10-11H2,(H,21,24)(H,22,26)(H,20,23,25). The van der Waals surface area contributed by atoms with Crippen LogP contribution in [0.15, 0.2) is 60.8 Å². The predicted octanol–water partition coefficient (Wildman–Crippen LogP) is 3.11. The molecule has 0 atom stereocenters. The van der Waals surface area contributed by atoms with Crippen LogP contribution in [0.1, 0.15) is 10.4 Å². The minimum atomic E-state index is -0.171. The Labute approximate surface area is 155 Å². The first kappa shape index (κ1) is 17.6. The average Bonchev–Trinajstić information content (AvgIpc) is 2.67.